The van der Waals surface area contributed by atoms with Crippen LogP contribution in [0.15, 0.2) is 58.4 Å². The minimum absolute atomic E-state index is 0.173. The Morgan fingerprint density at radius 3 is 2.55 bits per heavy atom. The minimum atomic E-state index is -0.173. The van der Waals surface area contributed by atoms with E-state index in [4.69, 9.17) is 0 Å². The lowest BCUT2D eigenvalue weighted by molar-refractivity contribution is 0.614. The fraction of sp³-hybridized carbons (Fsp3) is 0.0625. The molecule has 1 heterocycles. The van der Waals surface area contributed by atoms with Crippen molar-refractivity contribution in [2.75, 3.05) is 0 Å². The quantitative estimate of drug-likeness (QED) is 0.626. The summed E-state index contributed by atoms with van der Waals surface area (Å²) in [5, 5.41) is 2.94. The average molecular weight is 348 g/mol. The summed E-state index contributed by atoms with van der Waals surface area (Å²) in [7, 11) is 0. The summed E-state index contributed by atoms with van der Waals surface area (Å²) >= 11 is 4.98. The summed E-state index contributed by atoms with van der Waals surface area (Å²) in [6.07, 6.45) is 0.536. The van der Waals surface area contributed by atoms with E-state index in [-0.39, 0.29) is 5.82 Å². The van der Waals surface area contributed by atoms with Crippen molar-refractivity contribution in [1.82, 2.24) is 4.98 Å². The van der Waals surface area contributed by atoms with E-state index in [2.05, 4.69) is 20.9 Å². The lowest BCUT2D eigenvalue weighted by Gasteiger charge is -1.99. The molecule has 2 aromatic carbocycles. The zero-order valence-electron chi connectivity index (χ0n) is 10.5. The number of halogens is 2. The first kappa shape index (κ1) is 13.5. The van der Waals surface area contributed by atoms with Crippen molar-refractivity contribution in [3.63, 3.8) is 0 Å². The van der Waals surface area contributed by atoms with Crippen LogP contribution in [0.2, 0.25) is 0 Å². The summed E-state index contributed by atoms with van der Waals surface area (Å²) < 4.78 is 14.7. The Morgan fingerprint density at radius 2 is 1.80 bits per heavy atom. The third kappa shape index (κ3) is 2.97. The van der Waals surface area contributed by atoms with E-state index in [9.17, 15) is 4.39 Å². The second-order valence-electron chi connectivity index (χ2n) is 4.40. The molecule has 0 N–H and O–H groups in total. The summed E-state index contributed by atoms with van der Waals surface area (Å²) in [6, 6.07) is 14.9. The maximum absolute atomic E-state index is 13.6. The molecule has 100 valence electrons. The lowest BCUT2D eigenvalue weighted by atomic mass is 10.1. The van der Waals surface area contributed by atoms with Crippen LogP contribution in [-0.4, -0.2) is 4.98 Å². The average Bonchev–Trinajstić information content (AvgIpc) is 2.91. The van der Waals surface area contributed by atoms with E-state index in [1.54, 1.807) is 23.5 Å². The molecular formula is C16H11BrFNS. The van der Waals surface area contributed by atoms with Gasteiger partial charge in [-0.2, -0.15) is 0 Å². The van der Waals surface area contributed by atoms with Crippen molar-refractivity contribution < 1.29 is 4.39 Å². The molecule has 4 heteroatoms. The van der Waals surface area contributed by atoms with Crippen LogP contribution in [0.3, 0.4) is 0 Å². The molecule has 0 radical (unpaired) electrons. The van der Waals surface area contributed by atoms with Gasteiger partial charge in [0.25, 0.3) is 0 Å². The van der Waals surface area contributed by atoms with E-state index in [0.29, 0.717) is 12.0 Å². The van der Waals surface area contributed by atoms with Crippen LogP contribution in [0.25, 0.3) is 11.3 Å². The summed E-state index contributed by atoms with van der Waals surface area (Å²) in [5.41, 5.74) is 2.70. The van der Waals surface area contributed by atoms with Crippen molar-refractivity contribution in [3.8, 4) is 11.3 Å². The monoisotopic (exact) mass is 347 g/mol. The zero-order chi connectivity index (χ0) is 13.9. The molecule has 0 aliphatic rings. The molecule has 0 amide bonds. The van der Waals surface area contributed by atoms with E-state index in [1.807, 2.05) is 35.7 Å². The van der Waals surface area contributed by atoms with Crippen LogP contribution in [-0.2, 0) is 6.42 Å². The summed E-state index contributed by atoms with van der Waals surface area (Å²) in [6.45, 7) is 0. The maximum Gasteiger partial charge on any atom is 0.126 e. The second-order valence-corrected chi connectivity index (χ2v) is 6.26. The van der Waals surface area contributed by atoms with Gasteiger partial charge >= 0.3 is 0 Å². The zero-order valence-corrected chi connectivity index (χ0v) is 12.9. The van der Waals surface area contributed by atoms with Gasteiger partial charge < -0.3 is 0 Å². The third-order valence-electron chi connectivity index (χ3n) is 2.99. The van der Waals surface area contributed by atoms with Crippen LogP contribution in [0.4, 0.5) is 4.39 Å². The van der Waals surface area contributed by atoms with Gasteiger partial charge in [-0.25, -0.2) is 9.37 Å². The highest BCUT2D eigenvalue weighted by molar-refractivity contribution is 9.10. The molecular weight excluding hydrogens is 337 g/mol. The first-order valence-corrected chi connectivity index (χ1v) is 7.83. The highest BCUT2D eigenvalue weighted by atomic mass is 79.9. The fourth-order valence-electron chi connectivity index (χ4n) is 1.95. The highest BCUT2D eigenvalue weighted by Gasteiger charge is 2.08. The van der Waals surface area contributed by atoms with Gasteiger partial charge in [-0.05, 0) is 23.8 Å². The molecule has 0 aliphatic carbocycles. The Morgan fingerprint density at radius 1 is 1.05 bits per heavy atom. The Labute approximate surface area is 129 Å². The number of thiazole rings is 1. The summed E-state index contributed by atoms with van der Waals surface area (Å²) in [4.78, 5) is 4.58. The van der Waals surface area contributed by atoms with Crippen LogP contribution in [0.5, 0.6) is 0 Å². The minimum Gasteiger partial charge on any atom is -0.241 e. The number of hydrogen-bond acceptors (Lipinski definition) is 2. The van der Waals surface area contributed by atoms with Crippen LogP contribution >= 0.6 is 27.3 Å². The molecule has 0 unspecified atom stereocenters. The normalized spacial score (nSPS) is 10.7. The number of hydrogen-bond donors (Lipinski definition) is 0. The molecule has 0 bridgehead atoms. The van der Waals surface area contributed by atoms with Gasteiger partial charge in [0.1, 0.15) is 5.82 Å². The number of nitrogens with zero attached hydrogens (tertiary/aromatic N) is 1. The van der Waals surface area contributed by atoms with E-state index in [0.717, 1.165) is 20.7 Å². The van der Waals surface area contributed by atoms with Gasteiger partial charge in [0.2, 0.25) is 0 Å². The lowest BCUT2D eigenvalue weighted by Crippen LogP contribution is -1.91. The molecule has 0 saturated carbocycles. The Kier molecular flexibility index (Phi) is 3.94. The maximum atomic E-state index is 13.6. The Balaban J connectivity index is 1.84. The molecule has 3 rings (SSSR count). The Bertz CT molecular complexity index is 721. The van der Waals surface area contributed by atoms with Crippen molar-refractivity contribution in [3.05, 3.63) is 74.8 Å². The molecule has 0 fully saturated rings. The van der Waals surface area contributed by atoms with Crippen LogP contribution in [0.1, 0.15) is 10.6 Å². The van der Waals surface area contributed by atoms with Crippen LogP contribution in [0, 0.1) is 5.82 Å². The topological polar surface area (TPSA) is 12.9 Å². The first-order chi connectivity index (χ1) is 9.72. The molecule has 1 aromatic heterocycles. The van der Waals surface area contributed by atoms with E-state index in [1.165, 1.54) is 6.07 Å². The predicted molar refractivity (Wildman–Crippen MR) is 84.5 cm³/mol. The molecule has 0 atom stereocenters. The van der Waals surface area contributed by atoms with Crippen molar-refractivity contribution in [1.29, 1.82) is 0 Å². The third-order valence-corrected chi connectivity index (χ3v) is 4.37. The fourth-order valence-corrected chi connectivity index (χ4v) is 3.04. The number of benzene rings is 2. The van der Waals surface area contributed by atoms with E-state index < -0.39 is 0 Å². The van der Waals surface area contributed by atoms with Gasteiger partial charge in [-0.15, -0.1) is 11.3 Å². The predicted octanol–water partition coefficient (Wildman–Crippen LogP) is 5.30. The molecule has 0 aliphatic heterocycles. The molecule has 20 heavy (non-hydrogen) atoms. The molecule has 0 spiro atoms. The Hall–Kier alpha value is -1.52. The van der Waals surface area contributed by atoms with Gasteiger partial charge in [0.05, 0.1) is 10.7 Å². The standard InChI is InChI=1S/C16H11BrFNS/c17-13-7-5-11(6-8-13)15-10-20-16(19-15)9-12-3-1-2-4-14(12)18/h1-8,10H,9H2. The summed E-state index contributed by atoms with van der Waals surface area (Å²) in [5.74, 6) is -0.173. The van der Waals surface area contributed by atoms with E-state index >= 15 is 0 Å². The second kappa shape index (κ2) is 5.85. The van der Waals surface area contributed by atoms with Gasteiger partial charge in [-0.3, -0.25) is 0 Å². The van der Waals surface area contributed by atoms with Crippen LogP contribution < -0.4 is 0 Å². The molecule has 0 saturated heterocycles. The highest BCUT2D eigenvalue weighted by Crippen LogP contribution is 2.25. The van der Waals surface area contributed by atoms with Gasteiger partial charge in [0, 0.05) is 21.8 Å². The smallest absolute Gasteiger partial charge is 0.126 e. The first-order valence-electron chi connectivity index (χ1n) is 6.16. The SMILES string of the molecule is Fc1ccccc1Cc1nc(-c2ccc(Br)cc2)cs1. The van der Waals surface area contributed by atoms with Crippen molar-refractivity contribution >= 4 is 27.3 Å². The molecule has 3 aromatic rings. The van der Waals surface area contributed by atoms with Crippen molar-refractivity contribution in [2.45, 2.75) is 6.42 Å². The van der Waals surface area contributed by atoms with Gasteiger partial charge in [-0.1, -0.05) is 46.3 Å². The molecule has 1 nitrogen and oxygen atoms in total. The van der Waals surface area contributed by atoms with Crippen molar-refractivity contribution in [2.24, 2.45) is 0 Å². The number of aromatic nitrogens is 1. The van der Waals surface area contributed by atoms with Gasteiger partial charge in [0.15, 0.2) is 0 Å². The number of rotatable bonds is 3. The largest absolute Gasteiger partial charge is 0.241 e.